The number of nitrogens with one attached hydrogen (secondary N) is 2. The van der Waals surface area contributed by atoms with Gasteiger partial charge in [0.15, 0.2) is 0 Å². The van der Waals surface area contributed by atoms with Crippen LogP contribution in [0.15, 0.2) is 48.7 Å². The number of aliphatic hydroxyl groups excluding tert-OH is 1. The van der Waals surface area contributed by atoms with Gasteiger partial charge in [-0.2, -0.15) is 0 Å². The van der Waals surface area contributed by atoms with Crippen LogP contribution in [0.5, 0.6) is 0 Å². The molecule has 1 atom stereocenters. The number of aryl methyl sites for hydroxylation is 1. The zero-order chi connectivity index (χ0) is 15.9. The summed E-state index contributed by atoms with van der Waals surface area (Å²) >= 11 is 0. The molecule has 2 amide bonds. The number of para-hydroxylation sites is 1. The maximum absolute atomic E-state index is 11.7. The van der Waals surface area contributed by atoms with E-state index >= 15 is 0 Å². The van der Waals surface area contributed by atoms with E-state index in [9.17, 15) is 14.7 Å². The molecule has 0 saturated carbocycles. The molecule has 1 unspecified atom stereocenters. The molecule has 3 N–H and O–H groups in total. The number of aromatic nitrogens is 1. The predicted octanol–water partition coefficient (Wildman–Crippen LogP) is 1.20. The molecule has 6 nitrogen and oxygen atoms in total. The quantitative estimate of drug-likeness (QED) is 0.726. The van der Waals surface area contributed by atoms with Crippen LogP contribution in [-0.2, 0) is 16.6 Å². The van der Waals surface area contributed by atoms with Gasteiger partial charge >= 0.3 is 11.8 Å². The number of amides is 2. The third kappa shape index (κ3) is 4.20. The number of benzene rings is 1. The first-order chi connectivity index (χ1) is 10.6. The van der Waals surface area contributed by atoms with Crippen molar-refractivity contribution in [2.75, 3.05) is 11.9 Å². The molecule has 0 saturated heterocycles. The van der Waals surface area contributed by atoms with Crippen molar-refractivity contribution in [1.29, 1.82) is 0 Å². The Labute approximate surface area is 128 Å². The molecular weight excluding hydrogens is 282 g/mol. The highest BCUT2D eigenvalue weighted by atomic mass is 16.3. The summed E-state index contributed by atoms with van der Waals surface area (Å²) in [5.74, 6) is -1.44. The Morgan fingerprint density at radius 1 is 1.14 bits per heavy atom. The van der Waals surface area contributed by atoms with E-state index in [0.717, 1.165) is 5.69 Å². The largest absolute Gasteiger partial charge is 0.387 e. The van der Waals surface area contributed by atoms with Gasteiger partial charge in [-0.1, -0.05) is 18.2 Å². The number of rotatable bonds is 5. The van der Waals surface area contributed by atoms with Crippen molar-refractivity contribution in [3.05, 3.63) is 54.4 Å². The van der Waals surface area contributed by atoms with Crippen LogP contribution in [0.3, 0.4) is 0 Å². The van der Waals surface area contributed by atoms with Crippen molar-refractivity contribution in [1.82, 2.24) is 9.88 Å². The number of aliphatic hydroxyl groups is 1. The second-order valence-corrected chi connectivity index (χ2v) is 4.92. The van der Waals surface area contributed by atoms with Crippen molar-refractivity contribution in [2.24, 2.45) is 7.05 Å². The Morgan fingerprint density at radius 3 is 2.50 bits per heavy atom. The number of nitrogens with zero attached hydrogens (tertiary/aromatic N) is 1. The minimum Gasteiger partial charge on any atom is -0.387 e. The summed E-state index contributed by atoms with van der Waals surface area (Å²) in [6.45, 7) is 0.216. The molecule has 0 aliphatic carbocycles. The van der Waals surface area contributed by atoms with Gasteiger partial charge in [0.2, 0.25) is 0 Å². The SMILES string of the molecule is Cn1cccc1C(O)CCNC(=O)C(=O)Nc1ccccc1. The van der Waals surface area contributed by atoms with Crippen molar-refractivity contribution < 1.29 is 14.7 Å². The molecule has 22 heavy (non-hydrogen) atoms. The van der Waals surface area contributed by atoms with E-state index in [4.69, 9.17) is 0 Å². The molecule has 1 aromatic heterocycles. The van der Waals surface area contributed by atoms with Gasteiger partial charge in [-0.3, -0.25) is 9.59 Å². The lowest BCUT2D eigenvalue weighted by atomic mass is 10.2. The fraction of sp³-hybridized carbons (Fsp3) is 0.250. The van der Waals surface area contributed by atoms with Crippen LogP contribution in [0.4, 0.5) is 5.69 Å². The van der Waals surface area contributed by atoms with Crippen LogP contribution in [0, 0.1) is 0 Å². The first kappa shape index (κ1) is 15.8. The number of carbonyl (C=O) groups excluding carboxylic acids is 2. The van der Waals surface area contributed by atoms with Gasteiger partial charge in [-0.15, -0.1) is 0 Å². The lowest BCUT2D eigenvalue weighted by Crippen LogP contribution is -2.36. The molecule has 0 spiro atoms. The molecule has 0 radical (unpaired) electrons. The maximum Gasteiger partial charge on any atom is 0.313 e. The van der Waals surface area contributed by atoms with Crippen molar-refractivity contribution in [2.45, 2.75) is 12.5 Å². The molecule has 0 aliphatic rings. The second-order valence-electron chi connectivity index (χ2n) is 4.92. The maximum atomic E-state index is 11.7. The van der Waals surface area contributed by atoms with Gasteiger partial charge in [0.25, 0.3) is 0 Å². The van der Waals surface area contributed by atoms with Crippen LogP contribution in [0.2, 0.25) is 0 Å². The lowest BCUT2D eigenvalue weighted by molar-refractivity contribution is -0.136. The minimum absolute atomic E-state index is 0.216. The van der Waals surface area contributed by atoms with Crippen LogP contribution < -0.4 is 10.6 Å². The van der Waals surface area contributed by atoms with Crippen LogP contribution >= 0.6 is 0 Å². The Bertz CT molecular complexity index is 637. The summed E-state index contributed by atoms with van der Waals surface area (Å²) in [5, 5.41) is 15.0. The van der Waals surface area contributed by atoms with Crippen LogP contribution in [-0.4, -0.2) is 28.0 Å². The highest BCUT2D eigenvalue weighted by molar-refractivity contribution is 6.39. The molecule has 2 aromatic rings. The van der Waals surface area contributed by atoms with Crippen LogP contribution in [0.1, 0.15) is 18.2 Å². The average molecular weight is 301 g/mol. The first-order valence-electron chi connectivity index (χ1n) is 7.01. The van der Waals surface area contributed by atoms with Crippen LogP contribution in [0.25, 0.3) is 0 Å². The summed E-state index contributed by atoms with van der Waals surface area (Å²) in [6, 6.07) is 12.4. The molecule has 0 bridgehead atoms. The topological polar surface area (TPSA) is 83.4 Å². The predicted molar refractivity (Wildman–Crippen MR) is 83.1 cm³/mol. The number of carbonyl (C=O) groups is 2. The molecule has 6 heteroatoms. The summed E-state index contributed by atoms with van der Waals surface area (Å²) in [7, 11) is 1.84. The van der Waals surface area contributed by atoms with Gasteiger partial charge in [0, 0.05) is 31.2 Å². The molecule has 0 aliphatic heterocycles. The second kappa shape index (κ2) is 7.42. The summed E-state index contributed by atoms with van der Waals surface area (Å²) < 4.78 is 1.81. The smallest absolute Gasteiger partial charge is 0.313 e. The van der Waals surface area contributed by atoms with E-state index in [0.29, 0.717) is 12.1 Å². The first-order valence-corrected chi connectivity index (χ1v) is 7.01. The normalized spacial score (nSPS) is 11.7. The molecule has 0 fully saturated rings. The molecule has 1 aromatic carbocycles. The number of hydrogen-bond acceptors (Lipinski definition) is 3. The zero-order valence-corrected chi connectivity index (χ0v) is 12.3. The van der Waals surface area contributed by atoms with Gasteiger partial charge in [0.1, 0.15) is 0 Å². The molecular formula is C16H19N3O3. The molecule has 2 rings (SSSR count). The summed E-state index contributed by atoms with van der Waals surface area (Å²) in [6.07, 6.45) is 1.49. The van der Waals surface area contributed by atoms with Crippen molar-refractivity contribution in [3.63, 3.8) is 0 Å². The van der Waals surface area contributed by atoms with E-state index in [1.165, 1.54) is 0 Å². The van der Waals surface area contributed by atoms with E-state index < -0.39 is 17.9 Å². The minimum atomic E-state index is -0.723. The Balaban J connectivity index is 1.76. The van der Waals surface area contributed by atoms with E-state index in [2.05, 4.69) is 10.6 Å². The van der Waals surface area contributed by atoms with Gasteiger partial charge in [-0.05, 0) is 30.7 Å². The Hall–Kier alpha value is -2.60. The molecule has 116 valence electrons. The fourth-order valence-corrected chi connectivity index (χ4v) is 2.08. The molecule has 1 heterocycles. The Kier molecular flexibility index (Phi) is 5.32. The van der Waals surface area contributed by atoms with E-state index in [1.807, 2.05) is 36.0 Å². The van der Waals surface area contributed by atoms with Gasteiger partial charge < -0.3 is 20.3 Å². The third-order valence-corrected chi connectivity index (χ3v) is 3.27. The van der Waals surface area contributed by atoms with Crippen molar-refractivity contribution in [3.8, 4) is 0 Å². The summed E-state index contributed by atoms with van der Waals surface area (Å²) in [5.41, 5.74) is 1.33. The summed E-state index contributed by atoms with van der Waals surface area (Å²) in [4.78, 5) is 23.4. The highest BCUT2D eigenvalue weighted by Gasteiger charge is 2.15. The number of anilines is 1. The van der Waals surface area contributed by atoms with E-state index in [-0.39, 0.29) is 6.54 Å². The van der Waals surface area contributed by atoms with Crippen molar-refractivity contribution >= 4 is 17.5 Å². The van der Waals surface area contributed by atoms with Gasteiger partial charge in [0.05, 0.1) is 6.10 Å². The monoisotopic (exact) mass is 301 g/mol. The third-order valence-electron chi connectivity index (χ3n) is 3.27. The zero-order valence-electron chi connectivity index (χ0n) is 12.3. The standard InChI is InChI=1S/C16H19N3O3/c1-19-11-5-8-13(19)14(20)9-10-17-15(21)16(22)18-12-6-3-2-4-7-12/h2-8,11,14,20H,9-10H2,1H3,(H,17,21)(H,18,22). The Morgan fingerprint density at radius 2 is 1.86 bits per heavy atom. The van der Waals surface area contributed by atoms with Gasteiger partial charge in [-0.25, -0.2) is 0 Å². The van der Waals surface area contributed by atoms with E-state index in [1.54, 1.807) is 24.3 Å². The highest BCUT2D eigenvalue weighted by Crippen LogP contribution is 2.15. The fourth-order valence-electron chi connectivity index (χ4n) is 2.08. The lowest BCUT2D eigenvalue weighted by Gasteiger charge is -2.12. The number of hydrogen-bond donors (Lipinski definition) is 3. The average Bonchev–Trinajstić information content (AvgIpc) is 2.94.